The van der Waals surface area contributed by atoms with Gasteiger partial charge in [-0.25, -0.2) is 0 Å². The Balaban J connectivity index is 1.99. The van der Waals surface area contributed by atoms with Gasteiger partial charge in [0.05, 0.1) is 38.3 Å². The number of esters is 1. The minimum atomic E-state index is -3.08. The van der Waals surface area contributed by atoms with Crippen LogP contribution in [0.1, 0.15) is 32.3 Å². The summed E-state index contributed by atoms with van der Waals surface area (Å²) in [6, 6.07) is 8.04. The molecule has 1 aromatic rings. The lowest BCUT2D eigenvalue weighted by molar-refractivity contribution is -0.166. The topological polar surface area (TPSA) is 94.2 Å². The second-order valence-electron chi connectivity index (χ2n) is 8.69. The summed E-state index contributed by atoms with van der Waals surface area (Å²) in [6.45, 7) is 2.46. The largest absolute Gasteiger partial charge is 0.461 e. The predicted molar refractivity (Wildman–Crippen MR) is 120 cm³/mol. The summed E-state index contributed by atoms with van der Waals surface area (Å²) in [4.78, 5) is 40.1. The Morgan fingerprint density at radius 3 is 2.41 bits per heavy atom. The van der Waals surface area contributed by atoms with Gasteiger partial charge in [-0.2, -0.15) is 8.78 Å². The minimum Gasteiger partial charge on any atom is -0.461 e. The van der Waals surface area contributed by atoms with Gasteiger partial charge in [0, 0.05) is 19.5 Å². The number of carbonyl (C=O) groups is 3. The van der Waals surface area contributed by atoms with Crippen molar-refractivity contribution in [2.75, 3.05) is 39.5 Å². The number of nitrogens with zero attached hydrogens (tertiary/aromatic N) is 1. The maximum absolute atomic E-state index is 13.0. The van der Waals surface area contributed by atoms with Crippen molar-refractivity contribution in [1.29, 1.82) is 0 Å². The molecule has 10 heteroatoms. The van der Waals surface area contributed by atoms with Crippen LogP contribution in [0.25, 0.3) is 0 Å². The number of ketones is 1. The number of nitrogens with one attached hydrogen (secondary N) is 1. The van der Waals surface area contributed by atoms with Crippen LogP contribution in [0.2, 0.25) is 0 Å². The molecule has 0 saturated carbocycles. The average molecular weight is 485 g/mol. The molecule has 1 aliphatic rings. The Labute approximate surface area is 198 Å². The van der Waals surface area contributed by atoms with E-state index in [1.54, 1.807) is 24.3 Å². The van der Waals surface area contributed by atoms with E-state index in [9.17, 15) is 23.2 Å². The first kappa shape index (κ1) is 27.8. The zero-order valence-electron chi connectivity index (χ0n) is 19.7. The zero-order valence-corrected chi connectivity index (χ0v) is 19.7. The molecule has 1 aromatic carbocycles. The number of amides is 1. The van der Waals surface area contributed by atoms with Crippen LogP contribution in [0, 0.1) is 11.8 Å². The van der Waals surface area contributed by atoms with Crippen molar-refractivity contribution in [3.63, 3.8) is 0 Å². The lowest BCUT2D eigenvalue weighted by atomic mass is 9.93. The van der Waals surface area contributed by atoms with Crippen LogP contribution < -0.4 is 5.32 Å². The molecular weight excluding hydrogens is 450 g/mol. The van der Waals surface area contributed by atoms with Gasteiger partial charge >= 0.3 is 12.6 Å². The molecule has 2 atom stereocenters. The van der Waals surface area contributed by atoms with Crippen molar-refractivity contribution < 1.29 is 37.4 Å². The Bertz CT molecular complexity index is 772. The number of carbonyl (C=O) groups excluding carboxylic acids is 3. The van der Waals surface area contributed by atoms with Gasteiger partial charge in [-0.3, -0.25) is 19.3 Å². The summed E-state index contributed by atoms with van der Waals surface area (Å²) in [6.07, 6.45) is -0.0231. The van der Waals surface area contributed by atoms with Crippen molar-refractivity contribution >= 4 is 17.7 Å². The normalized spacial score (nSPS) is 16.3. The first-order valence-electron chi connectivity index (χ1n) is 11.5. The number of hydrogen-bond acceptors (Lipinski definition) is 7. The van der Waals surface area contributed by atoms with E-state index in [0.29, 0.717) is 32.7 Å². The molecule has 0 aromatic heterocycles. The summed E-state index contributed by atoms with van der Waals surface area (Å²) in [5.41, 5.74) is 0.726. The fourth-order valence-corrected chi connectivity index (χ4v) is 3.58. The molecule has 1 heterocycles. The van der Waals surface area contributed by atoms with Gasteiger partial charge in [0.25, 0.3) is 0 Å². The van der Waals surface area contributed by atoms with Crippen molar-refractivity contribution in [3.05, 3.63) is 35.9 Å². The standard InChI is InChI=1S/C24H34F2N2O6/c1-17(2)12-20(27-22(30)14-28-8-10-32-11-9-28)21(29)13-19(16-34-24(25)26)23(31)33-15-18-6-4-3-5-7-18/h3-7,17,19-20,24H,8-16H2,1-2H3,(H,27,30)/t19-,20-/m0/s1. The van der Waals surface area contributed by atoms with Gasteiger partial charge in [0.1, 0.15) is 6.61 Å². The molecule has 1 fully saturated rings. The molecule has 1 amide bonds. The van der Waals surface area contributed by atoms with E-state index in [0.717, 1.165) is 5.56 Å². The van der Waals surface area contributed by atoms with Crippen LogP contribution in [0.4, 0.5) is 8.78 Å². The highest BCUT2D eigenvalue weighted by molar-refractivity contribution is 5.92. The molecule has 1 aliphatic heterocycles. The van der Waals surface area contributed by atoms with Crippen molar-refractivity contribution in [2.45, 2.75) is 45.9 Å². The number of alkyl halides is 2. The maximum Gasteiger partial charge on any atom is 0.345 e. The van der Waals surface area contributed by atoms with E-state index in [4.69, 9.17) is 9.47 Å². The molecule has 0 spiro atoms. The summed E-state index contributed by atoms with van der Waals surface area (Å²) in [5.74, 6) is -2.67. The van der Waals surface area contributed by atoms with Crippen molar-refractivity contribution in [3.8, 4) is 0 Å². The van der Waals surface area contributed by atoms with Crippen LogP contribution in [0.3, 0.4) is 0 Å². The molecule has 0 aliphatic carbocycles. The fourth-order valence-electron chi connectivity index (χ4n) is 3.58. The molecule has 2 rings (SSSR count). The smallest absolute Gasteiger partial charge is 0.345 e. The zero-order chi connectivity index (χ0) is 24.9. The number of ether oxygens (including phenoxy) is 3. The van der Waals surface area contributed by atoms with Crippen LogP contribution in [0.15, 0.2) is 30.3 Å². The first-order valence-corrected chi connectivity index (χ1v) is 11.5. The van der Waals surface area contributed by atoms with Crippen LogP contribution >= 0.6 is 0 Å². The van der Waals surface area contributed by atoms with Crippen LogP contribution in [-0.4, -0.2) is 74.7 Å². The lowest BCUT2D eigenvalue weighted by Crippen LogP contribution is -2.48. The highest BCUT2D eigenvalue weighted by Crippen LogP contribution is 2.16. The van der Waals surface area contributed by atoms with Gasteiger partial charge < -0.3 is 19.5 Å². The molecule has 190 valence electrons. The molecular formula is C24H34F2N2O6. The fraction of sp³-hybridized carbons (Fsp3) is 0.625. The van der Waals surface area contributed by atoms with Crippen LogP contribution in [0.5, 0.6) is 0 Å². The van der Waals surface area contributed by atoms with Gasteiger partial charge in [-0.05, 0) is 17.9 Å². The second-order valence-corrected chi connectivity index (χ2v) is 8.69. The molecule has 0 unspecified atom stereocenters. The number of benzene rings is 1. The number of Topliss-reactive ketones (excluding diaryl/α,β-unsaturated/α-hetero) is 1. The van der Waals surface area contributed by atoms with E-state index >= 15 is 0 Å². The van der Waals surface area contributed by atoms with Gasteiger partial charge in [-0.15, -0.1) is 0 Å². The van der Waals surface area contributed by atoms with E-state index in [-0.39, 0.29) is 31.4 Å². The van der Waals surface area contributed by atoms with Gasteiger partial charge in [0.15, 0.2) is 5.78 Å². The predicted octanol–water partition coefficient (Wildman–Crippen LogP) is 2.41. The SMILES string of the molecule is CC(C)C[C@H](NC(=O)CN1CCOCC1)C(=O)C[C@@H](COC(F)F)C(=O)OCc1ccccc1. The number of halogens is 2. The van der Waals surface area contributed by atoms with Crippen molar-refractivity contribution in [2.24, 2.45) is 11.8 Å². The average Bonchev–Trinajstić information content (AvgIpc) is 2.80. The van der Waals surface area contributed by atoms with E-state index < -0.39 is 36.9 Å². The molecule has 0 radical (unpaired) electrons. The Morgan fingerprint density at radius 1 is 1.12 bits per heavy atom. The highest BCUT2D eigenvalue weighted by Gasteiger charge is 2.30. The monoisotopic (exact) mass is 484 g/mol. The Kier molecular flexibility index (Phi) is 12.1. The van der Waals surface area contributed by atoms with Crippen LogP contribution in [-0.2, 0) is 35.2 Å². The van der Waals surface area contributed by atoms with E-state index in [1.807, 2.05) is 24.8 Å². The van der Waals surface area contributed by atoms with E-state index in [2.05, 4.69) is 10.1 Å². The third kappa shape index (κ3) is 10.7. The van der Waals surface area contributed by atoms with Crippen molar-refractivity contribution in [1.82, 2.24) is 10.2 Å². The van der Waals surface area contributed by atoms with Gasteiger partial charge in [-0.1, -0.05) is 44.2 Å². The summed E-state index contributed by atoms with van der Waals surface area (Å²) >= 11 is 0. The van der Waals surface area contributed by atoms with Gasteiger partial charge in [0.2, 0.25) is 5.91 Å². The number of rotatable bonds is 14. The Hall–Kier alpha value is -2.43. The molecule has 8 nitrogen and oxygen atoms in total. The Morgan fingerprint density at radius 2 is 1.79 bits per heavy atom. The minimum absolute atomic E-state index is 0.0508. The second kappa shape index (κ2) is 14.7. The third-order valence-corrected chi connectivity index (χ3v) is 5.33. The summed E-state index contributed by atoms with van der Waals surface area (Å²) < 4.78 is 40.1. The first-order chi connectivity index (χ1) is 16.2. The molecule has 0 bridgehead atoms. The number of hydrogen-bond donors (Lipinski definition) is 1. The molecule has 34 heavy (non-hydrogen) atoms. The summed E-state index contributed by atoms with van der Waals surface area (Å²) in [5, 5.41) is 2.75. The molecule has 1 N–H and O–H groups in total. The number of morpholine rings is 1. The third-order valence-electron chi connectivity index (χ3n) is 5.33. The lowest BCUT2D eigenvalue weighted by Gasteiger charge is -2.27. The molecule has 1 saturated heterocycles. The quantitative estimate of drug-likeness (QED) is 0.405. The van der Waals surface area contributed by atoms with E-state index in [1.165, 1.54) is 0 Å². The maximum atomic E-state index is 13.0. The summed E-state index contributed by atoms with van der Waals surface area (Å²) in [7, 11) is 0. The highest BCUT2D eigenvalue weighted by atomic mass is 19.3.